The third-order valence-corrected chi connectivity index (χ3v) is 6.86. The predicted molar refractivity (Wildman–Crippen MR) is 134 cm³/mol. The average molecular weight is 570 g/mol. The van der Waals surface area contributed by atoms with Crippen molar-refractivity contribution in [3.8, 4) is 11.4 Å². The fraction of sp³-hybridized carbons (Fsp3) is 0.370. The highest BCUT2D eigenvalue weighted by Gasteiger charge is 2.37. The Morgan fingerprint density at radius 1 is 1.10 bits per heavy atom. The van der Waals surface area contributed by atoms with Gasteiger partial charge in [-0.25, -0.2) is 13.8 Å². The van der Waals surface area contributed by atoms with Crippen LogP contribution in [-0.2, 0) is 28.9 Å². The van der Waals surface area contributed by atoms with Crippen LogP contribution in [0.1, 0.15) is 48.1 Å². The van der Waals surface area contributed by atoms with Crippen molar-refractivity contribution in [3.05, 3.63) is 85.8 Å². The maximum Gasteiger partial charge on any atom is 0.417 e. The first-order chi connectivity index (χ1) is 18.4. The molecule has 0 atom stereocenters. The fourth-order valence-corrected chi connectivity index (χ4v) is 4.74. The van der Waals surface area contributed by atoms with Crippen LogP contribution in [0.15, 0.2) is 41.2 Å². The lowest BCUT2D eigenvalue weighted by Crippen LogP contribution is -2.34. The van der Waals surface area contributed by atoms with Gasteiger partial charge in [-0.3, -0.25) is 9.59 Å². The number of halogens is 6. The summed E-state index contributed by atoms with van der Waals surface area (Å²) in [5.41, 5.74) is -2.58. The summed E-state index contributed by atoms with van der Waals surface area (Å²) in [5.74, 6) is -2.98. The smallest absolute Gasteiger partial charge is 0.373 e. The SMILES string of the molecule is Cc1cc(=O)[nH]c(-c2c(C(F)(F)F)ccc(CNC(=O)C3CCC(OCc4ccc(Cl)cc4F)CC3)c2F)n1. The van der Waals surface area contributed by atoms with Crippen molar-refractivity contribution in [1.82, 2.24) is 15.3 Å². The van der Waals surface area contributed by atoms with Crippen LogP contribution in [0.2, 0.25) is 5.02 Å². The Balaban J connectivity index is 1.39. The Bertz CT molecular complexity index is 1420. The largest absolute Gasteiger partial charge is 0.417 e. The van der Waals surface area contributed by atoms with Crippen molar-refractivity contribution in [2.24, 2.45) is 5.92 Å². The topological polar surface area (TPSA) is 84.1 Å². The number of hydrogen-bond acceptors (Lipinski definition) is 4. The molecule has 0 saturated heterocycles. The summed E-state index contributed by atoms with van der Waals surface area (Å²) in [5, 5.41) is 2.89. The fourth-order valence-electron chi connectivity index (χ4n) is 4.59. The number of aryl methyl sites for hydroxylation is 1. The van der Waals surface area contributed by atoms with E-state index < -0.39 is 40.3 Å². The number of rotatable bonds is 7. The van der Waals surface area contributed by atoms with Crippen molar-refractivity contribution in [1.29, 1.82) is 0 Å². The van der Waals surface area contributed by atoms with E-state index in [1.54, 1.807) is 12.1 Å². The molecule has 4 rings (SSSR count). The van der Waals surface area contributed by atoms with Crippen LogP contribution < -0.4 is 10.9 Å². The number of H-pyrrole nitrogens is 1. The second-order valence-electron chi connectivity index (χ2n) is 9.43. The van der Waals surface area contributed by atoms with Gasteiger partial charge in [-0.05, 0) is 50.8 Å². The number of ether oxygens (including phenoxy) is 1. The van der Waals surface area contributed by atoms with Gasteiger partial charge < -0.3 is 15.0 Å². The van der Waals surface area contributed by atoms with Crippen LogP contribution in [0.3, 0.4) is 0 Å². The summed E-state index contributed by atoms with van der Waals surface area (Å²) in [6.45, 7) is 1.13. The highest BCUT2D eigenvalue weighted by Crippen LogP contribution is 2.38. The molecule has 2 aromatic carbocycles. The number of nitrogens with zero attached hydrogens (tertiary/aromatic N) is 1. The molecule has 0 aliphatic heterocycles. The summed E-state index contributed by atoms with van der Waals surface area (Å²) in [6, 6.07) is 7.07. The zero-order valence-electron chi connectivity index (χ0n) is 20.8. The van der Waals surface area contributed by atoms with E-state index in [1.165, 1.54) is 13.0 Å². The van der Waals surface area contributed by atoms with Crippen molar-refractivity contribution < 1.29 is 31.5 Å². The number of aromatic nitrogens is 2. The van der Waals surface area contributed by atoms with Crippen molar-refractivity contribution >= 4 is 17.5 Å². The first-order valence-electron chi connectivity index (χ1n) is 12.2. The number of amides is 1. The molecular weight excluding hydrogens is 545 g/mol. The molecular formula is C27H25ClF5N3O3. The minimum atomic E-state index is -4.90. The van der Waals surface area contributed by atoms with E-state index in [0.29, 0.717) is 37.3 Å². The third-order valence-electron chi connectivity index (χ3n) is 6.62. The molecule has 1 aromatic heterocycles. The number of carbonyl (C=O) groups is 1. The lowest BCUT2D eigenvalue weighted by Gasteiger charge is -2.28. The van der Waals surface area contributed by atoms with E-state index >= 15 is 4.39 Å². The summed E-state index contributed by atoms with van der Waals surface area (Å²) < 4.78 is 76.0. The second kappa shape index (κ2) is 11.8. The monoisotopic (exact) mass is 569 g/mol. The van der Waals surface area contributed by atoms with E-state index in [9.17, 15) is 27.2 Å². The lowest BCUT2D eigenvalue weighted by atomic mass is 9.86. The number of hydrogen-bond donors (Lipinski definition) is 2. The molecule has 1 aliphatic carbocycles. The normalized spacial score (nSPS) is 17.7. The number of alkyl halides is 3. The van der Waals surface area contributed by atoms with Crippen molar-refractivity contribution in [3.63, 3.8) is 0 Å². The average Bonchev–Trinajstić information content (AvgIpc) is 2.86. The molecule has 0 radical (unpaired) electrons. The Kier molecular flexibility index (Phi) is 8.70. The highest BCUT2D eigenvalue weighted by molar-refractivity contribution is 6.30. The first kappa shape index (κ1) is 28.7. The number of benzene rings is 2. The van der Waals surface area contributed by atoms with Gasteiger partial charge in [0.2, 0.25) is 5.91 Å². The summed E-state index contributed by atoms with van der Waals surface area (Å²) >= 11 is 5.76. The van der Waals surface area contributed by atoms with Crippen molar-refractivity contribution in [2.75, 3.05) is 0 Å². The van der Waals surface area contributed by atoms with Gasteiger partial charge >= 0.3 is 6.18 Å². The zero-order valence-corrected chi connectivity index (χ0v) is 21.6. The quantitative estimate of drug-likeness (QED) is 0.337. The number of nitrogens with one attached hydrogen (secondary N) is 2. The molecule has 6 nitrogen and oxygen atoms in total. The molecule has 1 amide bonds. The van der Waals surface area contributed by atoms with Gasteiger partial charge in [0.15, 0.2) is 0 Å². The first-order valence-corrected chi connectivity index (χ1v) is 12.6. The van der Waals surface area contributed by atoms with Gasteiger partial charge in [0.1, 0.15) is 17.5 Å². The van der Waals surface area contributed by atoms with Gasteiger partial charge in [0, 0.05) is 40.4 Å². The molecule has 0 unspecified atom stereocenters. The molecule has 2 N–H and O–H groups in total. The van der Waals surface area contributed by atoms with E-state index in [-0.39, 0.29) is 47.4 Å². The number of aromatic amines is 1. The lowest BCUT2D eigenvalue weighted by molar-refractivity contribution is -0.137. The van der Waals surface area contributed by atoms with Crippen LogP contribution in [-0.4, -0.2) is 22.0 Å². The third kappa shape index (κ3) is 7.02. The molecule has 1 aliphatic rings. The molecule has 1 heterocycles. The van der Waals surface area contributed by atoms with Crippen LogP contribution in [0.4, 0.5) is 22.0 Å². The molecule has 12 heteroatoms. The Labute approximate surface area is 225 Å². The van der Waals surface area contributed by atoms with Crippen LogP contribution >= 0.6 is 11.6 Å². The van der Waals surface area contributed by atoms with Gasteiger partial charge in [-0.2, -0.15) is 13.2 Å². The van der Waals surface area contributed by atoms with Crippen molar-refractivity contribution in [2.45, 2.75) is 58.0 Å². The minimum absolute atomic E-state index is 0.0706. The van der Waals surface area contributed by atoms with Crippen LogP contribution in [0.25, 0.3) is 11.4 Å². The molecule has 0 spiro atoms. The van der Waals surface area contributed by atoms with Gasteiger partial charge in [-0.15, -0.1) is 0 Å². The molecule has 3 aromatic rings. The van der Waals surface area contributed by atoms with E-state index in [2.05, 4.69) is 15.3 Å². The Morgan fingerprint density at radius 3 is 2.44 bits per heavy atom. The molecule has 1 fully saturated rings. The maximum absolute atomic E-state index is 15.4. The zero-order chi connectivity index (χ0) is 28.3. The number of carbonyl (C=O) groups excluding carboxylic acids is 1. The Morgan fingerprint density at radius 2 is 1.79 bits per heavy atom. The highest BCUT2D eigenvalue weighted by atomic mass is 35.5. The van der Waals surface area contributed by atoms with Gasteiger partial charge in [0.25, 0.3) is 5.56 Å². The van der Waals surface area contributed by atoms with Crippen LogP contribution in [0.5, 0.6) is 0 Å². The molecule has 1 saturated carbocycles. The summed E-state index contributed by atoms with van der Waals surface area (Å²) in [4.78, 5) is 30.6. The summed E-state index contributed by atoms with van der Waals surface area (Å²) in [7, 11) is 0. The van der Waals surface area contributed by atoms with Crippen LogP contribution in [0, 0.1) is 24.5 Å². The summed E-state index contributed by atoms with van der Waals surface area (Å²) in [6.07, 6.45) is -3.00. The maximum atomic E-state index is 15.4. The molecule has 0 bridgehead atoms. The minimum Gasteiger partial charge on any atom is -0.373 e. The second-order valence-corrected chi connectivity index (χ2v) is 9.87. The molecule has 39 heavy (non-hydrogen) atoms. The van der Waals surface area contributed by atoms with E-state index in [0.717, 1.165) is 12.1 Å². The predicted octanol–water partition coefficient (Wildman–Crippen LogP) is 6.09. The standard InChI is InChI=1S/C27H25ClF5N3O3/c1-14-10-22(37)36-25(35-14)23-20(27(31,32)33)9-5-16(24(23)30)12-34-26(38)15-3-7-19(8-4-15)39-13-17-2-6-18(28)11-21(17)29/h2,5-6,9-11,15,19H,3-4,7-8,12-13H2,1H3,(H,34,38)(H,35,36,37). The van der Waals surface area contributed by atoms with E-state index in [1.807, 2.05) is 0 Å². The Hall–Kier alpha value is -3.31. The molecule has 208 valence electrons. The van der Waals surface area contributed by atoms with Gasteiger partial charge in [0.05, 0.1) is 23.8 Å². The van der Waals surface area contributed by atoms with E-state index in [4.69, 9.17) is 16.3 Å². The van der Waals surface area contributed by atoms with Gasteiger partial charge in [-0.1, -0.05) is 23.7 Å².